The highest BCUT2D eigenvalue weighted by atomic mass is 35.5. The van der Waals surface area contributed by atoms with Crippen molar-refractivity contribution >= 4 is 18.3 Å². The lowest BCUT2D eigenvalue weighted by Gasteiger charge is -2.30. The first kappa shape index (κ1) is 14.8. The minimum atomic E-state index is 0. The Labute approximate surface area is 111 Å². The number of nitrogens with zero attached hydrogens (tertiary/aromatic N) is 1. The van der Waals surface area contributed by atoms with Crippen LogP contribution in [-0.2, 0) is 4.79 Å². The summed E-state index contributed by atoms with van der Waals surface area (Å²) in [5.41, 5.74) is 0. The maximum Gasteiger partial charge on any atom is 0.222 e. The van der Waals surface area contributed by atoms with Crippen molar-refractivity contribution in [3.8, 4) is 0 Å². The van der Waals surface area contributed by atoms with Crippen LogP contribution in [0.2, 0.25) is 0 Å². The molecule has 100 valence electrons. The molecular formula is C13H25ClN2O. The lowest BCUT2D eigenvalue weighted by molar-refractivity contribution is -0.131. The zero-order valence-electron chi connectivity index (χ0n) is 10.8. The Morgan fingerprint density at radius 1 is 1.29 bits per heavy atom. The van der Waals surface area contributed by atoms with Gasteiger partial charge < -0.3 is 10.2 Å². The number of hydrogen-bond donors (Lipinski definition) is 1. The Morgan fingerprint density at radius 2 is 2.06 bits per heavy atom. The van der Waals surface area contributed by atoms with Gasteiger partial charge in [0.15, 0.2) is 0 Å². The summed E-state index contributed by atoms with van der Waals surface area (Å²) < 4.78 is 0. The molecule has 0 radical (unpaired) electrons. The summed E-state index contributed by atoms with van der Waals surface area (Å²) in [6.45, 7) is 2.12. The SMILES string of the molecule is CN(CC1CCC1)C(=O)CCC1CCCN1.Cl. The van der Waals surface area contributed by atoms with Crippen molar-refractivity contribution in [3.63, 3.8) is 0 Å². The van der Waals surface area contributed by atoms with E-state index in [1.807, 2.05) is 11.9 Å². The van der Waals surface area contributed by atoms with Crippen LogP contribution in [-0.4, -0.2) is 37.0 Å². The van der Waals surface area contributed by atoms with Gasteiger partial charge in [0.2, 0.25) is 5.91 Å². The fourth-order valence-electron chi connectivity index (χ4n) is 2.66. The number of rotatable bonds is 5. The Bertz CT molecular complexity index is 238. The van der Waals surface area contributed by atoms with Gasteiger partial charge in [0.25, 0.3) is 0 Å². The van der Waals surface area contributed by atoms with E-state index in [1.54, 1.807) is 0 Å². The smallest absolute Gasteiger partial charge is 0.222 e. The Kier molecular flexibility index (Phi) is 6.28. The predicted octanol–water partition coefficient (Wildman–Crippen LogP) is 2.20. The highest BCUT2D eigenvalue weighted by Gasteiger charge is 2.22. The molecular weight excluding hydrogens is 236 g/mol. The molecule has 2 aliphatic rings. The lowest BCUT2D eigenvalue weighted by atomic mass is 9.85. The second-order valence-corrected chi connectivity index (χ2v) is 5.40. The van der Waals surface area contributed by atoms with E-state index in [9.17, 15) is 4.79 Å². The van der Waals surface area contributed by atoms with Gasteiger partial charge in [-0.3, -0.25) is 4.79 Å². The third-order valence-corrected chi connectivity index (χ3v) is 4.05. The monoisotopic (exact) mass is 260 g/mol. The first-order valence-corrected chi connectivity index (χ1v) is 6.73. The largest absolute Gasteiger partial charge is 0.345 e. The van der Waals surface area contributed by atoms with Gasteiger partial charge in [-0.05, 0) is 44.6 Å². The van der Waals surface area contributed by atoms with E-state index >= 15 is 0 Å². The van der Waals surface area contributed by atoms with Gasteiger partial charge in [-0.2, -0.15) is 0 Å². The molecule has 1 saturated heterocycles. The maximum atomic E-state index is 11.9. The summed E-state index contributed by atoms with van der Waals surface area (Å²) >= 11 is 0. The third kappa shape index (κ3) is 4.47. The highest BCUT2D eigenvalue weighted by molar-refractivity contribution is 5.85. The van der Waals surface area contributed by atoms with Crippen molar-refractivity contribution in [2.75, 3.05) is 20.1 Å². The number of halogens is 1. The summed E-state index contributed by atoms with van der Waals surface area (Å²) in [4.78, 5) is 13.8. The van der Waals surface area contributed by atoms with Crippen LogP contribution in [0.1, 0.15) is 44.9 Å². The number of carbonyl (C=O) groups is 1. The zero-order valence-corrected chi connectivity index (χ0v) is 11.6. The van der Waals surface area contributed by atoms with E-state index in [0.29, 0.717) is 11.9 Å². The fourth-order valence-corrected chi connectivity index (χ4v) is 2.66. The van der Waals surface area contributed by atoms with Crippen LogP contribution in [0.4, 0.5) is 0 Å². The molecule has 1 atom stereocenters. The normalized spacial score (nSPS) is 23.9. The molecule has 0 aromatic rings. The van der Waals surface area contributed by atoms with E-state index in [4.69, 9.17) is 0 Å². The molecule has 0 spiro atoms. The van der Waals surface area contributed by atoms with Gasteiger partial charge in [0.1, 0.15) is 0 Å². The molecule has 1 amide bonds. The van der Waals surface area contributed by atoms with E-state index in [0.717, 1.165) is 31.8 Å². The zero-order chi connectivity index (χ0) is 11.4. The highest BCUT2D eigenvalue weighted by Crippen LogP contribution is 2.26. The van der Waals surface area contributed by atoms with Crippen LogP contribution in [0, 0.1) is 5.92 Å². The van der Waals surface area contributed by atoms with Gasteiger partial charge in [-0.15, -0.1) is 12.4 Å². The first-order chi connectivity index (χ1) is 7.75. The minimum absolute atomic E-state index is 0. The fraction of sp³-hybridized carbons (Fsp3) is 0.923. The van der Waals surface area contributed by atoms with Crippen LogP contribution in [0.5, 0.6) is 0 Å². The summed E-state index contributed by atoms with van der Waals surface area (Å²) in [5, 5.41) is 3.44. The van der Waals surface area contributed by atoms with Crippen LogP contribution in [0.3, 0.4) is 0 Å². The molecule has 17 heavy (non-hydrogen) atoms. The lowest BCUT2D eigenvalue weighted by Crippen LogP contribution is -2.35. The molecule has 1 unspecified atom stereocenters. The standard InChI is InChI=1S/C13H24N2O.ClH/c1-15(10-11-4-2-5-11)13(16)8-7-12-6-3-9-14-12;/h11-12,14H,2-10H2,1H3;1H. The molecule has 2 fully saturated rings. The average Bonchev–Trinajstić information content (AvgIpc) is 2.72. The minimum Gasteiger partial charge on any atom is -0.345 e. The second-order valence-electron chi connectivity index (χ2n) is 5.40. The average molecular weight is 261 g/mol. The number of nitrogens with one attached hydrogen (secondary N) is 1. The van der Waals surface area contributed by atoms with Crippen molar-refractivity contribution in [2.45, 2.75) is 51.0 Å². The van der Waals surface area contributed by atoms with Crippen molar-refractivity contribution in [3.05, 3.63) is 0 Å². The molecule has 0 bridgehead atoms. The summed E-state index contributed by atoms with van der Waals surface area (Å²) in [6, 6.07) is 0.598. The van der Waals surface area contributed by atoms with Crippen LogP contribution in [0.15, 0.2) is 0 Å². The molecule has 1 heterocycles. The van der Waals surface area contributed by atoms with Crippen molar-refractivity contribution < 1.29 is 4.79 Å². The van der Waals surface area contributed by atoms with E-state index in [-0.39, 0.29) is 12.4 Å². The van der Waals surface area contributed by atoms with Gasteiger partial charge in [-0.1, -0.05) is 6.42 Å². The van der Waals surface area contributed by atoms with Gasteiger partial charge in [0, 0.05) is 26.1 Å². The number of hydrogen-bond acceptors (Lipinski definition) is 2. The number of carbonyl (C=O) groups excluding carboxylic acids is 1. The van der Waals surface area contributed by atoms with Crippen molar-refractivity contribution in [1.82, 2.24) is 10.2 Å². The molecule has 1 aliphatic carbocycles. The van der Waals surface area contributed by atoms with E-state index < -0.39 is 0 Å². The first-order valence-electron chi connectivity index (χ1n) is 6.73. The molecule has 4 heteroatoms. The summed E-state index contributed by atoms with van der Waals surface area (Å²) in [7, 11) is 1.96. The number of amides is 1. The Balaban J connectivity index is 0.00000144. The van der Waals surface area contributed by atoms with Crippen LogP contribution >= 0.6 is 12.4 Å². The quantitative estimate of drug-likeness (QED) is 0.822. The molecule has 1 N–H and O–H groups in total. The topological polar surface area (TPSA) is 32.3 Å². The van der Waals surface area contributed by atoms with E-state index in [1.165, 1.54) is 32.1 Å². The van der Waals surface area contributed by atoms with Crippen LogP contribution < -0.4 is 5.32 Å². The summed E-state index contributed by atoms with van der Waals surface area (Å²) in [6.07, 6.45) is 8.27. The van der Waals surface area contributed by atoms with Gasteiger partial charge >= 0.3 is 0 Å². The van der Waals surface area contributed by atoms with E-state index in [2.05, 4.69) is 5.32 Å². The predicted molar refractivity (Wildman–Crippen MR) is 72.5 cm³/mol. The Morgan fingerprint density at radius 3 is 2.59 bits per heavy atom. The van der Waals surface area contributed by atoms with Crippen molar-refractivity contribution in [1.29, 1.82) is 0 Å². The van der Waals surface area contributed by atoms with Gasteiger partial charge in [0.05, 0.1) is 0 Å². The molecule has 0 aromatic heterocycles. The molecule has 1 saturated carbocycles. The van der Waals surface area contributed by atoms with Crippen molar-refractivity contribution in [2.24, 2.45) is 5.92 Å². The second kappa shape index (κ2) is 7.22. The molecule has 2 rings (SSSR count). The third-order valence-electron chi connectivity index (χ3n) is 4.05. The molecule has 3 nitrogen and oxygen atoms in total. The molecule has 1 aliphatic heterocycles. The van der Waals surface area contributed by atoms with Crippen LogP contribution in [0.25, 0.3) is 0 Å². The Hall–Kier alpha value is -0.280. The summed E-state index contributed by atoms with van der Waals surface area (Å²) in [5.74, 6) is 1.12. The molecule has 0 aromatic carbocycles. The van der Waals surface area contributed by atoms with Gasteiger partial charge in [-0.25, -0.2) is 0 Å². The maximum absolute atomic E-state index is 11.9.